The lowest BCUT2D eigenvalue weighted by Gasteiger charge is -2.34. The molecule has 0 saturated heterocycles. The standard InChI is InChI=1S/C15H26N2O/c1-9-12(3-2-4-13(9)16)15(18)17-14-8-10-5-6-11(14)7-10/h9-14H,2-8,16H2,1H3,(H,17,18). The number of amides is 1. The van der Waals surface area contributed by atoms with Crippen molar-refractivity contribution in [3.05, 3.63) is 0 Å². The van der Waals surface area contributed by atoms with Crippen LogP contribution < -0.4 is 11.1 Å². The number of hydrogen-bond donors (Lipinski definition) is 2. The second kappa shape index (κ2) is 4.84. The predicted molar refractivity (Wildman–Crippen MR) is 71.9 cm³/mol. The molecule has 0 aromatic rings. The van der Waals surface area contributed by atoms with Crippen molar-refractivity contribution in [3.8, 4) is 0 Å². The van der Waals surface area contributed by atoms with Gasteiger partial charge >= 0.3 is 0 Å². The van der Waals surface area contributed by atoms with E-state index >= 15 is 0 Å². The molecule has 6 unspecified atom stereocenters. The Hall–Kier alpha value is -0.570. The summed E-state index contributed by atoms with van der Waals surface area (Å²) in [5.41, 5.74) is 6.10. The van der Waals surface area contributed by atoms with Crippen LogP contribution in [0.2, 0.25) is 0 Å². The third kappa shape index (κ3) is 2.18. The van der Waals surface area contributed by atoms with Gasteiger partial charge in [-0.3, -0.25) is 4.79 Å². The van der Waals surface area contributed by atoms with E-state index in [-0.39, 0.29) is 17.9 Å². The number of hydrogen-bond acceptors (Lipinski definition) is 2. The summed E-state index contributed by atoms with van der Waals surface area (Å²) in [6, 6.07) is 0.691. The lowest BCUT2D eigenvalue weighted by Crippen LogP contribution is -2.48. The lowest BCUT2D eigenvalue weighted by molar-refractivity contribution is -0.128. The van der Waals surface area contributed by atoms with Crippen molar-refractivity contribution in [1.29, 1.82) is 0 Å². The van der Waals surface area contributed by atoms with E-state index in [4.69, 9.17) is 5.73 Å². The number of carbonyl (C=O) groups is 1. The number of carbonyl (C=O) groups excluding carboxylic acids is 1. The summed E-state index contributed by atoms with van der Waals surface area (Å²) in [4.78, 5) is 12.4. The molecule has 18 heavy (non-hydrogen) atoms. The number of nitrogens with one attached hydrogen (secondary N) is 1. The van der Waals surface area contributed by atoms with Crippen molar-refractivity contribution in [3.63, 3.8) is 0 Å². The fourth-order valence-corrected chi connectivity index (χ4v) is 4.48. The Kier molecular flexibility index (Phi) is 3.35. The zero-order chi connectivity index (χ0) is 12.7. The summed E-state index contributed by atoms with van der Waals surface area (Å²) in [6.07, 6.45) is 8.52. The maximum atomic E-state index is 12.4. The van der Waals surface area contributed by atoms with Crippen molar-refractivity contribution in [2.24, 2.45) is 29.4 Å². The molecule has 0 radical (unpaired) electrons. The Morgan fingerprint density at radius 2 is 2.00 bits per heavy atom. The van der Waals surface area contributed by atoms with Crippen molar-refractivity contribution >= 4 is 5.91 Å². The van der Waals surface area contributed by atoms with Gasteiger partial charge in [0.1, 0.15) is 0 Å². The molecule has 3 N–H and O–H groups in total. The summed E-state index contributed by atoms with van der Waals surface area (Å²) in [7, 11) is 0. The number of nitrogens with two attached hydrogens (primary N) is 1. The molecule has 3 nitrogen and oxygen atoms in total. The van der Waals surface area contributed by atoms with E-state index in [1.807, 2.05) is 0 Å². The van der Waals surface area contributed by atoms with E-state index < -0.39 is 0 Å². The van der Waals surface area contributed by atoms with Crippen LogP contribution in [0.25, 0.3) is 0 Å². The van der Waals surface area contributed by atoms with E-state index in [1.54, 1.807) is 0 Å². The molecule has 0 spiro atoms. The molecule has 0 aliphatic heterocycles. The van der Waals surface area contributed by atoms with Gasteiger partial charge in [-0.15, -0.1) is 0 Å². The van der Waals surface area contributed by atoms with E-state index in [0.29, 0.717) is 12.0 Å². The molecule has 3 saturated carbocycles. The van der Waals surface area contributed by atoms with Gasteiger partial charge < -0.3 is 11.1 Å². The average molecular weight is 250 g/mol. The second-order valence-electron chi connectivity index (χ2n) is 6.85. The molecule has 3 rings (SSSR count). The molecule has 6 atom stereocenters. The van der Waals surface area contributed by atoms with Gasteiger partial charge in [-0.1, -0.05) is 19.8 Å². The van der Waals surface area contributed by atoms with Crippen LogP contribution in [-0.4, -0.2) is 18.0 Å². The molecule has 0 aromatic heterocycles. The second-order valence-corrected chi connectivity index (χ2v) is 6.85. The van der Waals surface area contributed by atoms with Gasteiger partial charge in [0, 0.05) is 18.0 Å². The van der Waals surface area contributed by atoms with Gasteiger partial charge in [0.05, 0.1) is 0 Å². The Balaban J connectivity index is 1.58. The first-order valence-electron chi connectivity index (χ1n) is 7.71. The van der Waals surface area contributed by atoms with Gasteiger partial charge in [0.25, 0.3) is 0 Å². The van der Waals surface area contributed by atoms with Crippen molar-refractivity contribution in [2.45, 2.75) is 64.0 Å². The van der Waals surface area contributed by atoms with E-state index in [0.717, 1.165) is 31.1 Å². The molecule has 3 fully saturated rings. The molecule has 0 heterocycles. The van der Waals surface area contributed by atoms with E-state index in [1.165, 1.54) is 25.7 Å². The third-order valence-electron chi connectivity index (χ3n) is 5.77. The summed E-state index contributed by atoms with van der Waals surface area (Å²) in [5, 5.41) is 3.34. The van der Waals surface area contributed by atoms with E-state index in [2.05, 4.69) is 12.2 Å². The minimum Gasteiger partial charge on any atom is -0.353 e. The van der Waals surface area contributed by atoms with Crippen LogP contribution in [0.5, 0.6) is 0 Å². The number of fused-ring (bicyclic) bond motifs is 2. The SMILES string of the molecule is CC1C(N)CCCC1C(=O)NC1CC2CCC1C2. The van der Waals surface area contributed by atoms with Crippen molar-refractivity contribution in [1.82, 2.24) is 5.32 Å². The van der Waals surface area contributed by atoms with Crippen LogP contribution in [0.4, 0.5) is 0 Å². The van der Waals surface area contributed by atoms with Crippen LogP contribution in [0.3, 0.4) is 0 Å². The lowest BCUT2D eigenvalue weighted by atomic mass is 9.76. The number of rotatable bonds is 2. The molecule has 102 valence electrons. The highest BCUT2D eigenvalue weighted by Gasteiger charge is 2.41. The topological polar surface area (TPSA) is 55.1 Å². The zero-order valence-corrected chi connectivity index (χ0v) is 11.4. The Labute approximate surface area is 110 Å². The van der Waals surface area contributed by atoms with Crippen LogP contribution >= 0.6 is 0 Å². The summed E-state index contributed by atoms with van der Waals surface area (Å²) < 4.78 is 0. The normalized spacial score (nSPS) is 47.2. The first kappa shape index (κ1) is 12.5. The van der Waals surface area contributed by atoms with Gasteiger partial charge in [0.15, 0.2) is 0 Å². The molecule has 0 aromatic carbocycles. The summed E-state index contributed by atoms with van der Waals surface area (Å²) >= 11 is 0. The average Bonchev–Trinajstić information content (AvgIpc) is 2.94. The largest absolute Gasteiger partial charge is 0.353 e. The molecule has 1 amide bonds. The third-order valence-corrected chi connectivity index (χ3v) is 5.77. The quantitative estimate of drug-likeness (QED) is 0.788. The Bertz CT molecular complexity index is 330. The van der Waals surface area contributed by atoms with Gasteiger partial charge in [-0.25, -0.2) is 0 Å². The molecule has 3 aliphatic carbocycles. The Morgan fingerprint density at radius 3 is 2.67 bits per heavy atom. The first-order valence-corrected chi connectivity index (χ1v) is 7.71. The monoisotopic (exact) mass is 250 g/mol. The minimum absolute atomic E-state index is 0.160. The van der Waals surface area contributed by atoms with Crippen LogP contribution in [-0.2, 0) is 4.79 Å². The van der Waals surface area contributed by atoms with E-state index in [9.17, 15) is 4.79 Å². The van der Waals surface area contributed by atoms with Gasteiger partial charge in [0.2, 0.25) is 5.91 Å². The predicted octanol–water partition coefficient (Wildman–Crippen LogP) is 2.05. The maximum absolute atomic E-state index is 12.4. The van der Waals surface area contributed by atoms with Crippen LogP contribution in [0.1, 0.15) is 51.9 Å². The van der Waals surface area contributed by atoms with Gasteiger partial charge in [-0.2, -0.15) is 0 Å². The van der Waals surface area contributed by atoms with Crippen LogP contribution in [0, 0.1) is 23.7 Å². The van der Waals surface area contributed by atoms with Crippen LogP contribution in [0.15, 0.2) is 0 Å². The van der Waals surface area contributed by atoms with Gasteiger partial charge in [-0.05, 0) is 49.9 Å². The highest BCUT2D eigenvalue weighted by atomic mass is 16.2. The highest BCUT2D eigenvalue weighted by Crippen LogP contribution is 2.44. The minimum atomic E-state index is 0.160. The fraction of sp³-hybridized carbons (Fsp3) is 0.933. The summed E-state index contributed by atoms with van der Waals surface area (Å²) in [5.74, 6) is 2.46. The molecular formula is C15H26N2O. The molecule has 3 heteroatoms. The Morgan fingerprint density at radius 1 is 1.17 bits per heavy atom. The smallest absolute Gasteiger partial charge is 0.223 e. The zero-order valence-electron chi connectivity index (χ0n) is 11.4. The molecule has 2 bridgehead atoms. The highest BCUT2D eigenvalue weighted by molar-refractivity contribution is 5.79. The first-order chi connectivity index (χ1) is 8.65. The molecular weight excluding hydrogens is 224 g/mol. The summed E-state index contributed by atoms with van der Waals surface area (Å²) in [6.45, 7) is 2.15. The van der Waals surface area contributed by atoms with Crippen molar-refractivity contribution in [2.75, 3.05) is 0 Å². The van der Waals surface area contributed by atoms with Crippen molar-refractivity contribution < 1.29 is 4.79 Å². The molecule has 3 aliphatic rings. The fourth-order valence-electron chi connectivity index (χ4n) is 4.48. The maximum Gasteiger partial charge on any atom is 0.223 e.